The van der Waals surface area contributed by atoms with Crippen LogP contribution in [0.4, 0.5) is 0 Å². The molecular weight excluding hydrogens is 386 g/mol. The Labute approximate surface area is 170 Å². The van der Waals surface area contributed by atoms with Crippen molar-refractivity contribution in [1.82, 2.24) is 25.5 Å². The molecule has 0 aliphatic heterocycles. The lowest BCUT2D eigenvalue weighted by atomic mass is 9.82. The van der Waals surface area contributed by atoms with Gasteiger partial charge < -0.3 is 5.32 Å². The minimum Gasteiger partial charge on any atom is -0.349 e. The minimum absolute atomic E-state index is 0.0640. The van der Waals surface area contributed by atoms with Crippen LogP contribution in [0.2, 0.25) is 0 Å². The molecule has 1 fully saturated rings. The molecule has 146 valence electrons. The van der Waals surface area contributed by atoms with E-state index in [0.717, 1.165) is 47.1 Å². The number of aromatic amines is 1. The van der Waals surface area contributed by atoms with Gasteiger partial charge in [-0.05, 0) is 37.8 Å². The summed E-state index contributed by atoms with van der Waals surface area (Å²) in [6, 6.07) is 9.54. The Kier molecular flexibility index (Phi) is 4.55. The highest BCUT2D eigenvalue weighted by Crippen LogP contribution is 2.34. The van der Waals surface area contributed by atoms with Crippen LogP contribution >= 0.6 is 11.3 Å². The fourth-order valence-corrected chi connectivity index (χ4v) is 4.96. The molecule has 7 nitrogen and oxygen atoms in total. The van der Waals surface area contributed by atoms with E-state index in [1.807, 2.05) is 24.3 Å². The summed E-state index contributed by atoms with van der Waals surface area (Å²) < 4.78 is 0. The van der Waals surface area contributed by atoms with Gasteiger partial charge in [-0.3, -0.25) is 14.6 Å². The second kappa shape index (κ2) is 7.36. The minimum atomic E-state index is -0.155. The first-order valence-corrected chi connectivity index (χ1v) is 10.5. The lowest BCUT2D eigenvalue weighted by Crippen LogP contribution is -2.37. The maximum absolute atomic E-state index is 12.6. The van der Waals surface area contributed by atoms with E-state index < -0.39 is 0 Å². The molecule has 29 heavy (non-hydrogen) atoms. The summed E-state index contributed by atoms with van der Waals surface area (Å²) in [5.41, 5.74) is 1.55. The van der Waals surface area contributed by atoms with Crippen LogP contribution in [-0.2, 0) is 0 Å². The van der Waals surface area contributed by atoms with E-state index >= 15 is 0 Å². The molecule has 1 saturated carbocycles. The zero-order valence-corrected chi connectivity index (χ0v) is 16.4. The SMILES string of the molecule is O=C(N[C@H]1CC[C@H](c2n[nH]c(=O)c3ccccc32)CC1)c1cc2nccnc2s1. The van der Waals surface area contributed by atoms with Crippen LogP contribution < -0.4 is 10.9 Å². The number of carbonyl (C=O) groups is 1. The van der Waals surface area contributed by atoms with Gasteiger partial charge in [0.05, 0.1) is 16.0 Å². The van der Waals surface area contributed by atoms with Gasteiger partial charge in [0.2, 0.25) is 0 Å². The number of nitrogens with zero attached hydrogens (tertiary/aromatic N) is 3. The van der Waals surface area contributed by atoms with E-state index in [1.165, 1.54) is 11.3 Å². The largest absolute Gasteiger partial charge is 0.349 e. The van der Waals surface area contributed by atoms with Crippen molar-refractivity contribution < 1.29 is 4.79 Å². The van der Waals surface area contributed by atoms with Gasteiger partial charge in [-0.1, -0.05) is 18.2 Å². The molecule has 3 aromatic heterocycles. The van der Waals surface area contributed by atoms with E-state index in [1.54, 1.807) is 18.5 Å². The molecule has 5 rings (SSSR count). The quantitative estimate of drug-likeness (QED) is 0.544. The fourth-order valence-electron chi connectivity index (χ4n) is 4.10. The molecule has 0 radical (unpaired) electrons. The Morgan fingerprint density at radius 2 is 1.83 bits per heavy atom. The van der Waals surface area contributed by atoms with Gasteiger partial charge in [0, 0.05) is 29.7 Å². The Balaban J connectivity index is 1.28. The fraction of sp³-hybridized carbons (Fsp3) is 0.286. The standard InChI is InChI=1S/C21H19N5O2S/c27-19-15-4-2-1-3-14(15)18(25-26-19)12-5-7-13(8-6-12)24-20(28)17-11-16-21(29-17)23-10-9-22-16/h1-4,9-13H,5-8H2,(H,24,28)(H,26,27)/t12-,13-. The number of benzene rings is 1. The maximum atomic E-state index is 12.6. The molecule has 1 aromatic carbocycles. The summed E-state index contributed by atoms with van der Waals surface area (Å²) in [7, 11) is 0. The van der Waals surface area contributed by atoms with Crippen molar-refractivity contribution in [1.29, 1.82) is 0 Å². The molecule has 0 unspecified atom stereocenters. The molecule has 3 heterocycles. The maximum Gasteiger partial charge on any atom is 0.272 e. The average Bonchev–Trinajstić information content (AvgIpc) is 3.20. The number of fused-ring (bicyclic) bond motifs is 2. The summed E-state index contributed by atoms with van der Waals surface area (Å²) >= 11 is 1.36. The molecular formula is C21H19N5O2S. The number of hydrogen-bond acceptors (Lipinski definition) is 6. The highest BCUT2D eigenvalue weighted by molar-refractivity contribution is 7.20. The molecule has 8 heteroatoms. The zero-order chi connectivity index (χ0) is 19.8. The van der Waals surface area contributed by atoms with E-state index in [2.05, 4.69) is 25.5 Å². The smallest absolute Gasteiger partial charge is 0.272 e. The van der Waals surface area contributed by atoms with Crippen molar-refractivity contribution >= 4 is 38.4 Å². The van der Waals surface area contributed by atoms with Gasteiger partial charge >= 0.3 is 0 Å². The van der Waals surface area contributed by atoms with Crippen molar-refractivity contribution in [3.63, 3.8) is 0 Å². The van der Waals surface area contributed by atoms with Crippen molar-refractivity contribution in [2.75, 3.05) is 0 Å². The summed E-state index contributed by atoms with van der Waals surface area (Å²) in [6.45, 7) is 0. The van der Waals surface area contributed by atoms with Crippen molar-refractivity contribution in [3.8, 4) is 0 Å². The Morgan fingerprint density at radius 3 is 2.62 bits per heavy atom. The number of nitrogens with one attached hydrogen (secondary N) is 2. The number of H-pyrrole nitrogens is 1. The van der Waals surface area contributed by atoms with Crippen LogP contribution in [0.3, 0.4) is 0 Å². The number of carbonyl (C=O) groups excluding carboxylic acids is 1. The van der Waals surface area contributed by atoms with E-state index in [-0.39, 0.29) is 23.4 Å². The Hall–Kier alpha value is -3.13. The van der Waals surface area contributed by atoms with Gasteiger partial charge in [-0.25, -0.2) is 10.1 Å². The first-order valence-electron chi connectivity index (χ1n) is 9.68. The monoisotopic (exact) mass is 405 g/mol. The third-order valence-corrected chi connectivity index (χ3v) is 6.60. The molecule has 1 amide bonds. The molecule has 0 spiro atoms. The van der Waals surface area contributed by atoms with E-state index in [0.29, 0.717) is 10.3 Å². The third-order valence-electron chi connectivity index (χ3n) is 5.56. The van der Waals surface area contributed by atoms with Gasteiger partial charge in [0.25, 0.3) is 11.5 Å². The molecule has 1 aliphatic rings. The summed E-state index contributed by atoms with van der Waals surface area (Å²) in [5.74, 6) is 0.216. The molecule has 0 atom stereocenters. The summed E-state index contributed by atoms with van der Waals surface area (Å²) in [4.78, 5) is 34.6. The normalized spacial score (nSPS) is 19.4. The predicted molar refractivity (Wildman–Crippen MR) is 112 cm³/mol. The Bertz CT molecular complexity index is 1220. The first kappa shape index (κ1) is 17.9. The number of amides is 1. The number of thiophene rings is 1. The number of hydrogen-bond donors (Lipinski definition) is 2. The van der Waals surface area contributed by atoms with E-state index in [4.69, 9.17) is 0 Å². The van der Waals surface area contributed by atoms with Crippen LogP contribution in [0.15, 0.2) is 47.5 Å². The lowest BCUT2D eigenvalue weighted by molar-refractivity contribution is 0.0930. The number of aromatic nitrogens is 4. The van der Waals surface area contributed by atoms with Gasteiger partial charge in [0.15, 0.2) is 0 Å². The van der Waals surface area contributed by atoms with Gasteiger partial charge in [0.1, 0.15) is 10.3 Å². The number of rotatable bonds is 3. The second-order valence-corrected chi connectivity index (χ2v) is 8.39. The molecule has 0 saturated heterocycles. The van der Waals surface area contributed by atoms with Crippen molar-refractivity contribution in [2.24, 2.45) is 0 Å². The zero-order valence-electron chi connectivity index (χ0n) is 15.6. The lowest BCUT2D eigenvalue weighted by Gasteiger charge is -2.29. The summed E-state index contributed by atoms with van der Waals surface area (Å²) in [6.07, 6.45) is 6.87. The molecule has 0 bridgehead atoms. The first-order chi connectivity index (χ1) is 14.2. The van der Waals surface area contributed by atoms with E-state index in [9.17, 15) is 9.59 Å². The van der Waals surface area contributed by atoms with Crippen LogP contribution in [0.5, 0.6) is 0 Å². The molecule has 1 aliphatic carbocycles. The van der Waals surface area contributed by atoms with Gasteiger partial charge in [-0.15, -0.1) is 11.3 Å². The third kappa shape index (κ3) is 3.40. The van der Waals surface area contributed by atoms with Crippen molar-refractivity contribution in [3.05, 3.63) is 63.7 Å². The highest BCUT2D eigenvalue weighted by Gasteiger charge is 2.26. The highest BCUT2D eigenvalue weighted by atomic mass is 32.1. The van der Waals surface area contributed by atoms with Gasteiger partial charge in [-0.2, -0.15) is 5.10 Å². The summed E-state index contributed by atoms with van der Waals surface area (Å²) in [5, 5.41) is 11.7. The van der Waals surface area contributed by atoms with Crippen molar-refractivity contribution in [2.45, 2.75) is 37.6 Å². The second-order valence-electron chi connectivity index (χ2n) is 7.36. The topological polar surface area (TPSA) is 101 Å². The van der Waals surface area contributed by atoms with Crippen LogP contribution in [0.1, 0.15) is 47.0 Å². The Morgan fingerprint density at radius 1 is 1.07 bits per heavy atom. The molecule has 2 N–H and O–H groups in total. The predicted octanol–water partition coefficient (Wildman–Crippen LogP) is 3.38. The van der Waals surface area contributed by atoms with Crippen LogP contribution in [-0.4, -0.2) is 32.1 Å². The van der Waals surface area contributed by atoms with Crippen LogP contribution in [0, 0.1) is 0 Å². The average molecular weight is 405 g/mol. The molecule has 4 aromatic rings. The van der Waals surface area contributed by atoms with Crippen LogP contribution in [0.25, 0.3) is 21.1 Å².